The topological polar surface area (TPSA) is 73.9 Å². The Morgan fingerprint density at radius 2 is 1.62 bits per heavy atom. The molecule has 1 N–H and O–H groups in total. The summed E-state index contributed by atoms with van der Waals surface area (Å²) in [7, 11) is 0. The third-order valence-corrected chi connectivity index (χ3v) is 3.84. The smallest absolute Gasteiger partial charge is 0.344 e. The van der Waals surface area contributed by atoms with Crippen molar-refractivity contribution in [1.29, 1.82) is 0 Å². The molecule has 0 aliphatic carbocycles. The number of carbonyl (C=O) groups is 2. The molecule has 0 heterocycles. The lowest BCUT2D eigenvalue weighted by molar-refractivity contribution is -0.124. The third-order valence-electron chi connectivity index (χ3n) is 3.84. The first-order valence-electron chi connectivity index (χ1n) is 9.22. The van der Waals surface area contributed by atoms with Crippen molar-refractivity contribution in [2.45, 2.75) is 20.3 Å². The van der Waals surface area contributed by atoms with E-state index in [9.17, 15) is 18.4 Å². The number of benzene rings is 2. The van der Waals surface area contributed by atoms with E-state index >= 15 is 0 Å². The zero-order valence-corrected chi connectivity index (χ0v) is 16.3. The molecule has 0 bridgehead atoms. The van der Waals surface area contributed by atoms with Crippen molar-refractivity contribution in [1.82, 2.24) is 5.32 Å². The lowest BCUT2D eigenvalue weighted by atomic mass is 10.1. The van der Waals surface area contributed by atoms with Gasteiger partial charge >= 0.3 is 5.97 Å². The quantitative estimate of drug-likeness (QED) is 0.612. The zero-order valence-electron chi connectivity index (χ0n) is 16.3. The highest BCUT2D eigenvalue weighted by molar-refractivity contribution is 5.91. The van der Waals surface area contributed by atoms with E-state index in [0.29, 0.717) is 31.1 Å². The van der Waals surface area contributed by atoms with Crippen molar-refractivity contribution in [2.24, 2.45) is 0 Å². The van der Waals surface area contributed by atoms with E-state index in [1.165, 1.54) is 0 Å². The van der Waals surface area contributed by atoms with Crippen molar-refractivity contribution in [3.05, 3.63) is 59.2 Å². The standard InChI is InChI=1S/C21H23F2NO5/c1-3-27-17-9-8-14(12-18(17)28-4-2)10-11-24-19(25)13-29-21(26)20-15(22)6-5-7-16(20)23/h5-9,12H,3-4,10-11,13H2,1-2H3,(H,24,25). The van der Waals surface area contributed by atoms with E-state index in [0.717, 1.165) is 23.8 Å². The molecule has 0 spiro atoms. The van der Waals surface area contributed by atoms with Crippen LogP contribution in [0.1, 0.15) is 29.8 Å². The molecule has 2 aromatic rings. The van der Waals surface area contributed by atoms with Gasteiger partial charge in [0.1, 0.15) is 17.2 Å². The number of ether oxygens (including phenoxy) is 3. The second-order valence-electron chi connectivity index (χ2n) is 5.92. The Kier molecular flexibility index (Phi) is 8.39. The van der Waals surface area contributed by atoms with Gasteiger partial charge in [-0.3, -0.25) is 4.79 Å². The fourth-order valence-electron chi connectivity index (χ4n) is 2.54. The van der Waals surface area contributed by atoms with E-state index in [4.69, 9.17) is 9.47 Å². The Bertz CT molecular complexity index is 837. The van der Waals surface area contributed by atoms with Crippen LogP contribution in [0.4, 0.5) is 8.78 Å². The van der Waals surface area contributed by atoms with Crippen LogP contribution in [0.3, 0.4) is 0 Å². The summed E-state index contributed by atoms with van der Waals surface area (Å²) >= 11 is 0. The predicted octanol–water partition coefficient (Wildman–Crippen LogP) is 3.28. The number of hydrogen-bond donors (Lipinski definition) is 1. The SMILES string of the molecule is CCOc1ccc(CCNC(=O)COC(=O)c2c(F)cccc2F)cc1OCC. The van der Waals surface area contributed by atoms with Crippen LogP contribution in [-0.4, -0.2) is 38.2 Å². The van der Waals surface area contributed by atoms with Crippen LogP contribution in [0, 0.1) is 11.6 Å². The van der Waals surface area contributed by atoms with Crippen LogP contribution >= 0.6 is 0 Å². The fraction of sp³-hybridized carbons (Fsp3) is 0.333. The molecule has 0 aromatic heterocycles. The Morgan fingerprint density at radius 1 is 0.966 bits per heavy atom. The highest BCUT2D eigenvalue weighted by atomic mass is 19.1. The summed E-state index contributed by atoms with van der Waals surface area (Å²) in [6.07, 6.45) is 0.508. The lowest BCUT2D eigenvalue weighted by Gasteiger charge is -2.12. The molecule has 0 unspecified atom stereocenters. The molecular weight excluding hydrogens is 384 g/mol. The highest BCUT2D eigenvalue weighted by Gasteiger charge is 2.19. The summed E-state index contributed by atoms with van der Waals surface area (Å²) in [5.41, 5.74) is 0.0979. The average molecular weight is 407 g/mol. The molecular formula is C21H23F2NO5. The van der Waals surface area contributed by atoms with Crippen LogP contribution in [0.25, 0.3) is 0 Å². The van der Waals surface area contributed by atoms with Crippen molar-refractivity contribution >= 4 is 11.9 Å². The van der Waals surface area contributed by atoms with E-state index in [1.807, 2.05) is 26.0 Å². The van der Waals surface area contributed by atoms with E-state index in [1.54, 1.807) is 6.07 Å². The largest absolute Gasteiger partial charge is 0.490 e. The maximum Gasteiger partial charge on any atom is 0.344 e. The molecule has 8 heteroatoms. The Morgan fingerprint density at radius 3 is 2.28 bits per heavy atom. The molecule has 0 radical (unpaired) electrons. The second-order valence-corrected chi connectivity index (χ2v) is 5.92. The van der Waals surface area contributed by atoms with Gasteiger partial charge in [-0.25, -0.2) is 13.6 Å². The molecule has 0 saturated heterocycles. The molecule has 0 fully saturated rings. The maximum absolute atomic E-state index is 13.5. The molecule has 2 rings (SSSR count). The Hall–Kier alpha value is -3.16. The van der Waals surface area contributed by atoms with Gasteiger partial charge in [0.2, 0.25) is 0 Å². The Balaban J connectivity index is 1.82. The van der Waals surface area contributed by atoms with E-state index in [2.05, 4.69) is 10.1 Å². The minimum absolute atomic E-state index is 0.282. The summed E-state index contributed by atoms with van der Waals surface area (Å²) in [4.78, 5) is 23.6. The molecule has 156 valence electrons. The molecule has 1 amide bonds. The first-order valence-corrected chi connectivity index (χ1v) is 9.22. The molecule has 0 aliphatic heterocycles. The van der Waals surface area contributed by atoms with Crippen molar-refractivity contribution < 1.29 is 32.6 Å². The number of esters is 1. The van der Waals surface area contributed by atoms with Gasteiger partial charge in [0.15, 0.2) is 18.1 Å². The molecule has 0 saturated carbocycles. The van der Waals surface area contributed by atoms with Gasteiger partial charge in [-0.15, -0.1) is 0 Å². The van der Waals surface area contributed by atoms with Crippen molar-refractivity contribution in [3.8, 4) is 11.5 Å². The lowest BCUT2D eigenvalue weighted by Crippen LogP contribution is -2.30. The van der Waals surface area contributed by atoms with Crippen LogP contribution in [-0.2, 0) is 16.0 Å². The number of rotatable bonds is 10. The molecule has 6 nitrogen and oxygen atoms in total. The van der Waals surface area contributed by atoms with Gasteiger partial charge in [-0.1, -0.05) is 12.1 Å². The first kappa shape index (κ1) is 22.1. The zero-order chi connectivity index (χ0) is 21.2. The third kappa shape index (κ3) is 6.44. The highest BCUT2D eigenvalue weighted by Crippen LogP contribution is 2.28. The molecule has 29 heavy (non-hydrogen) atoms. The van der Waals surface area contributed by atoms with Gasteiger partial charge in [0.05, 0.1) is 13.2 Å². The van der Waals surface area contributed by atoms with Gasteiger partial charge < -0.3 is 19.5 Å². The minimum atomic E-state index is -1.23. The van der Waals surface area contributed by atoms with Crippen molar-refractivity contribution in [3.63, 3.8) is 0 Å². The van der Waals surface area contributed by atoms with Gasteiger partial charge in [-0.2, -0.15) is 0 Å². The summed E-state index contributed by atoms with van der Waals surface area (Å²) in [6, 6.07) is 8.50. The predicted molar refractivity (Wildman–Crippen MR) is 102 cm³/mol. The molecule has 2 aromatic carbocycles. The van der Waals surface area contributed by atoms with Gasteiger partial charge in [0.25, 0.3) is 5.91 Å². The van der Waals surface area contributed by atoms with Crippen LogP contribution < -0.4 is 14.8 Å². The van der Waals surface area contributed by atoms with Gasteiger partial charge in [0, 0.05) is 6.54 Å². The number of nitrogens with one attached hydrogen (secondary N) is 1. The molecule has 0 aliphatic rings. The van der Waals surface area contributed by atoms with Crippen LogP contribution in [0.2, 0.25) is 0 Å². The van der Waals surface area contributed by atoms with E-state index < -0.39 is 35.7 Å². The first-order chi connectivity index (χ1) is 14.0. The summed E-state index contributed by atoms with van der Waals surface area (Å²) in [6.45, 7) is 4.41. The number of carbonyl (C=O) groups excluding carboxylic acids is 2. The summed E-state index contributed by atoms with van der Waals surface area (Å²) in [5, 5.41) is 2.58. The van der Waals surface area contributed by atoms with Gasteiger partial charge in [-0.05, 0) is 50.1 Å². The van der Waals surface area contributed by atoms with Crippen molar-refractivity contribution in [2.75, 3.05) is 26.4 Å². The number of halogens is 2. The maximum atomic E-state index is 13.5. The van der Waals surface area contributed by atoms with E-state index in [-0.39, 0.29) is 6.54 Å². The number of hydrogen-bond acceptors (Lipinski definition) is 5. The van der Waals surface area contributed by atoms with Crippen LogP contribution in [0.5, 0.6) is 11.5 Å². The number of amides is 1. The fourth-order valence-corrected chi connectivity index (χ4v) is 2.54. The normalized spacial score (nSPS) is 10.3. The minimum Gasteiger partial charge on any atom is -0.490 e. The summed E-state index contributed by atoms with van der Waals surface area (Å²) < 4.78 is 42.8. The van der Waals surface area contributed by atoms with Crippen LogP contribution in [0.15, 0.2) is 36.4 Å². The monoisotopic (exact) mass is 407 g/mol. The summed E-state index contributed by atoms with van der Waals surface area (Å²) in [5.74, 6) is -2.63. The Labute approximate surface area is 167 Å². The second kappa shape index (κ2) is 11.0. The molecule has 0 atom stereocenters. The average Bonchev–Trinajstić information content (AvgIpc) is 2.68.